The molecule has 0 N–H and O–H groups in total. The summed E-state index contributed by atoms with van der Waals surface area (Å²) in [6, 6.07) is 107. The average molecular weight is 962 g/mol. The van der Waals surface area contributed by atoms with Crippen LogP contribution >= 0.6 is 0 Å². The zero-order valence-corrected chi connectivity index (χ0v) is 41.6. The molecule has 352 valence electrons. The molecule has 1 aliphatic carbocycles. The summed E-state index contributed by atoms with van der Waals surface area (Å²) in [6.07, 6.45) is 0. The molecule has 0 aliphatic heterocycles. The van der Waals surface area contributed by atoms with Crippen LogP contribution in [-0.2, 0) is 5.41 Å². The molecule has 0 fully saturated rings. The Labute approximate surface area is 440 Å². The number of hydrogen-bond acceptors (Lipinski definition) is 0. The molecule has 1 aromatic heterocycles. The molecule has 0 bridgehead atoms. The number of hydrogen-bond donors (Lipinski definition) is 0. The fourth-order valence-electron chi connectivity index (χ4n) is 13.7. The zero-order chi connectivity index (χ0) is 49.9. The molecule has 16 rings (SSSR count). The second-order valence-corrected chi connectivity index (χ2v) is 20.6. The lowest BCUT2D eigenvalue weighted by Gasteiger charge is -2.35. The maximum Gasteiger partial charge on any atom is 0.0720 e. The van der Waals surface area contributed by atoms with Crippen molar-refractivity contribution >= 4 is 75.7 Å². The van der Waals surface area contributed by atoms with Crippen LogP contribution in [0.15, 0.2) is 285 Å². The van der Waals surface area contributed by atoms with E-state index in [0.717, 1.165) is 5.69 Å². The van der Waals surface area contributed by atoms with Gasteiger partial charge in [0.1, 0.15) is 0 Å². The van der Waals surface area contributed by atoms with Crippen molar-refractivity contribution in [2.24, 2.45) is 0 Å². The van der Waals surface area contributed by atoms with Gasteiger partial charge >= 0.3 is 0 Å². The largest absolute Gasteiger partial charge is 0.309 e. The van der Waals surface area contributed by atoms with Crippen molar-refractivity contribution in [2.45, 2.75) is 5.41 Å². The van der Waals surface area contributed by atoms with Crippen LogP contribution in [0.25, 0.3) is 126 Å². The first-order valence-corrected chi connectivity index (χ1v) is 26.5. The van der Waals surface area contributed by atoms with E-state index >= 15 is 0 Å². The lowest BCUT2D eigenvalue weighted by Crippen LogP contribution is -2.28. The molecule has 1 nitrogen and oxygen atoms in total. The highest BCUT2D eigenvalue weighted by Gasteiger charge is 2.48. The van der Waals surface area contributed by atoms with Crippen LogP contribution < -0.4 is 0 Å². The number of nitrogens with zero attached hydrogens (tertiary/aromatic N) is 1. The second-order valence-electron chi connectivity index (χ2n) is 20.6. The minimum Gasteiger partial charge on any atom is -0.309 e. The van der Waals surface area contributed by atoms with Gasteiger partial charge in [-0.25, -0.2) is 0 Å². The van der Waals surface area contributed by atoms with Gasteiger partial charge in [-0.05, 0) is 175 Å². The molecule has 76 heavy (non-hydrogen) atoms. The molecule has 0 radical (unpaired) electrons. The van der Waals surface area contributed by atoms with Crippen molar-refractivity contribution in [3.63, 3.8) is 0 Å². The van der Waals surface area contributed by atoms with Gasteiger partial charge in [0.25, 0.3) is 0 Å². The summed E-state index contributed by atoms with van der Waals surface area (Å²) in [5.41, 5.74) is 18.2. The summed E-state index contributed by atoms with van der Waals surface area (Å²) in [6.45, 7) is 0. The molecule has 0 atom stereocenters. The maximum absolute atomic E-state index is 2.53. The van der Waals surface area contributed by atoms with Crippen molar-refractivity contribution in [1.29, 1.82) is 0 Å². The first kappa shape index (κ1) is 42.7. The van der Waals surface area contributed by atoms with Gasteiger partial charge in [-0.1, -0.05) is 231 Å². The van der Waals surface area contributed by atoms with E-state index in [1.54, 1.807) is 0 Å². The molecule has 15 aromatic rings. The number of para-hydroxylation sites is 2. The first-order valence-electron chi connectivity index (χ1n) is 26.5. The van der Waals surface area contributed by atoms with E-state index in [-0.39, 0.29) is 0 Å². The van der Waals surface area contributed by atoms with Crippen LogP contribution in [0.4, 0.5) is 0 Å². The van der Waals surface area contributed by atoms with E-state index in [1.807, 2.05) is 0 Å². The van der Waals surface area contributed by atoms with E-state index in [2.05, 4.69) is 290 Å². The fourth-order valence-corrected chi connectivity index (χ4v) is 13.7. The Morgan fingerprint density at radius 3 is 1.34 bits per heavy atom. The Morgan fingerprint density at radius 2 is 0.711 bits per heavy atom. The summed E-state index contributed by atoms with van der Waals surface area (Å²) in [5.74, 6) is 0. The molecule has 1 heterocycles. The number of rotatable bonds is 6. The predicted molar refractivity (Wildman–Crippen MR) is 322 cm³/mol. The molecular weight excluding hydrogens is 915 g/mol. The summed E-state index contributed by atoms with van der Waals surface area (Å²) in [7, 11) is 0. The molecule has 0 saturated carbocycles. The first-order chi connectivity index (χ1) is 37.7. The third-order valence-electron chi connectivity index (χ3n) is 16.8. The fraction of sp³-hybridized carbons (Fsp3) is 0.0133. The molecule has 0 spiro atoms. The van der Waals surface area contributed by atoms with Gasteiger partial charge in [0.2, 0.25) is 0 Å². The van der Waals surface area contributed by atoms with E-state index < -0.39 is 5.41 Å². The highest BCUT2D eigenvalue weighted by molar-refractivity contribution is 6.23. The highest BCUT2D eigenvalue weighted by Crippen LogP contribution is 2.61. The van der Waals surface area contributed by atoms with E-state index in [4.69, 9.17) is 0 Å². The van der Waals surface area contributed by atoms with Gasteiger partial charge in [-0.2, -0.15) is 0 Å². The maximum atomic E-state index is 2.53. The van der Waals surface area contributed by atoms with E-state index in [0.29, 0.717) is 0 Å². The quantitative estimate of drug-likeness (QED) is 0.116. The second kappa shape index (κ2) is 16.6. The summed E-state index contributed by atoms with van der Waals surface area (Å²) in [5, 5.41) is 15.1. The van der Waals surface area contributed by atoms with Crippen LogP contribution in [0.1, 0.15) is 22.3 Å². The molecule has 0 saturated heterocycles. The van der Waals surface area contributed by atoms with Crippen LogP contribution in [0.2, 0.25) is 0 Å². The molecule has 1 heteroatoms. The lowest BCUT2D eigenvalue weighted by atomic mass is 9.66. The van der Waals surface area contributed by atoms with Crippen LogP contribution in [-0.4, -0.2) is 4.57 Å². The molecule has 0 amide bonds. The Balaban J connectivity index is 0.884. The summed E-state index contributed by atoms with van der Waals surface area (Å²) < 4.78 is 2.40. The van der Waals surface area contributed by atoms with Gasteiger partial charge in [0, 0.05) is 16.5 Å². The lowest BCUT2D eigenvalue weighted by molar-refractivity contribution is 0.777. The van der Waals surface area contributed by atoms with Gasteiger partial charge in [0.05, 0.1) is 16.4 Å². The van der Waals surface area contributed by atoms with Gasteiger partial charge in [-0.15, -0.1) is 0 Å². The third kappa shape index (κ3) is 6.09. The molecule has 1 aliphatic rings. The Bertz CT molecular complexity index is 4760. The molecule has 14 aromatic carbocycles. The topological polar surface area (TPSA) is 4.93 Å². The summed E-state index contributed by atoms with van der Waals surface area (Å²) in [4.78, 5) is 0. The highest BCUT2D eigenvalue weighted by atomic mass is 15.0. The van der Waals surface area contributed by atoms with Crippen molar-refractivity contribution in [1.82, 2.24) is 4.57 Å². The predicted octanol–water partition coefficient (Wildman–Crippen LogP) is 19.9. The van der Waals surface area contributed by atoms with Crippen molar-refractivity contribution in [3.8, 4) is 50.2 Å². The molecular formula is C75H47N. The Hall–Kier alpha value is -9.82. The van der Waals surface area contributed by atoms with Crippen molar-refractivity contribution < 1.29 is 0 Å². The van der Waals surface area contributed by atoms with Gasteiger partial charge < -0.3 is 4.57 Å². The van der Waals surface area contributed by atoms with Gasteiger partial charge in [-0.3, -0.25) is 0 Å². The van der Waals surface area contributed by atoms with Gasteiger partial charge in [0.15, 0.2) is 0 Å². The smallest absolute Gasteiger partial charge is 0.0720 e. The Kier molecular flexibility index (Phi) is 9.32. The minimum absolute atomic E-state index is 0.567. The van der Waals surface area contributed by atoms with E-state index in [9.17, 15) is 0 Å². The van der Waals surface area contributed by atoms with Crippen molar-refractivity contribution in [2.75, 3.05) is 0 Å². The average Bonchev–Trinajstić information content (AvgIpc) is 4.15. The monoisotopic (exact) mass is 961 g/mol. The number of benzene rings is 14. The van der Waals surface area contributed by atoms with Crippen LogP contribution in [0.3, 0.4) is 0 Å². The Morgan fingerprint density at radius 1 is 0.250 bits per heavy atom. The van der Waals surface area contributed by atoms with Crippen molar-refractivity contribution in [3.05, 3.63) is 307 Å². The normalized spacial score (nSPS) is 12.8. The van der Waals surface area contributed by atoms with E-state index in [1.165, 1.54) is 142 Å². The van der Waals surface area contributed by atoms with Crippen LogP contribution in [0.5, 0.6) is 0 Å². The zero-order valence-electron chi connectivity index (χ0n) is 41.6. The number of fused-ring (bicyclic) bond motifs is 14. The van der Waals surface area contributed by atoms with Crippen LogP contribution in [0, 0.1) is 0 Å². The SMILES string of the molecule is c1ccc(-n2c3ccccc3c3cc(-c4c5ccccc5c(-c5cccc(-c6ccc7cc8c(cc7c6)C(c6ccccc6)(c6ccccc6)c6c-8c7ccccc7c7ccccc67)c5)c5ccccc45)ccc32)cc1. The minimum atomic E-state index is -0.567. The molecule has 0 unspecified atom stereocenters. The third-order valence-corrected chi connectivity index (χ3v) is 16.8. The summed E-state index contributed by atoms with van der Waals surface area (Å²) >= 11 is 0. The number of aromatic nitrogens is 1. The standard InChI is InChI=1S/C75H47N/c1-4-23-54(24-5-1)75(55-25-6-2-7-26-55)68-47-53-44-49(39-40-50(53)45-67(68)73-60-32-12-10-29-57(60)58-30-11-17-37-65(58)74(73)75)48-21-20-22-51(43-48)71-61-33-13-15-35-63(61)72(64-36-16-14-34-62(64)71)52-41-42-70-66(46-52)59-31-18-19-38-69(59)76(70)56-27-8-3-9-28-56/h1-47H.